The van der Waals surface area contributed by atoms with E-state index in [1.165, 1.54) is 6.42 Å². The van der Waals surface area contributed by atoms with E-state index in [0.29, 0.717) is 49.6 Å². The monoisotopic (exact) mass is 550 g/mol. The van der Waals surface area contributed by atoms with Gasteiger partial charge in [-0.05, 0) is 88.0 Å². The lowest BCUT2D eigenvalue weighted by atomic mass is 9.43. The van der Waals surface area contributed by atoms with E-state index in [9.17, 15) is 9.59 Å². The number of carboxylic acid groups (broad SMARTS) is 1. The zero-order valence-corrected chi connectivity index (χ0v) is 25.6. The van der Waals surface area contributed by atoms with Crippen molar-refractivity contribution in [3.05, 3.63) is 0 Å². The maximum Gasteiger partial charge on any atom is 0.481 e. The molecule has 1 aliphatic heterocycles. The molecule has 39 heavy (non-hydrogen) atoms. The first-order valence-corrected chi connectivity index (χ1v) is 15.3. The number of rotatable bonds is 16. The summed E-state index contributed by atoms with van der Waals surface area (Å²) in [6.45, 7) is 19.7. The Kier molecular flexibility index (Phi) is 11.2. The molecule has 9 nitrogen and oxygen atoms in total. The van der Waals surface area contributed by atoms with Crippen molar-refractivity contribution in [1.29, 1.82) is 0 Å². The number of amides is 2. The Labute approximate surface area is 236 Å². The van der Waals surface area contributed by atoms with Crippen LogP contribution in [-0.4, -0.2) is 73.6 Å². The van der Waals surface area contributed by atoms with Crippen molar-refractivity contribution in [3.63, 3.8) is 0 Å². The number of hydrogen-bond acceptors (Lipinski definition) is 6. The Hall–Kier alpha value is -1.36. The molecule has 0 radical (unpaired) electrons. The normalized spacial score (nSPS) is 29.5. The van der Waals surface area contributed by atoms with Crippen molar-refractivity contribution in [2.45, 2.75) is 124 Å². The standard InChI is InChI=1S/C29H55BN4O5/c1-18(2)13-25(30-38-24-15-21-14-23(28(21,6)7)29(24,8)39-30)34-26(35)22(11-9-10-12-31-27(36)37)33-17-20(5)32-16-19(3)4/h18-25,31-33H,9-17H2,1-8H3,(H,34,35)(H,36,37)/t20-,21-,22-,23-,24+,25-,29-/m0/s1. The smallest absolute Gasteiger partial charge is 0.465 e. The fourth-order valence-electron chi connectivity index (χ4n) is 6.92. The highest BCUT2D eigenvalue weighted by Gasteiger charge is 2.68. The van der Waals surface area contributed by atoms with Crippen molar-refractivity contribution in [2.24, 2.45) is 29.1 Å². The van der Waals surface area contributed by atoms with Crippen molar-refractivity contribution >= 4 is 19.1 Å². The Balaban J connectivity index is 1.64. The van der Waals surface area contributed by atoms with Crippen LogP contribution in [0.2, 0.25) is 0 Å². The summed E-state index contributed by atoms with van der Waals surface area (Å²) in [7, 11) is -0.450. The highest BCUT2D eigenvalue weighted by molar-refractivity contribution is 6.47. The summed E-state index contributed by atoms with van der Waals surface area (Å²) in [5, 5.41) is 21.6. The molecule has 2 amide bonds. The van der Waals surface area contributed by atoms with Gasteiger partial charge in [0.05, 0.1) is 23.7 Å². The summed E-state index contributed by atoms with van der Waals surface area (Å²) < 4.78 is 13.3. The van der Waals surface area contributed by atoms with E-state index >= 15 is 0 Å². The summed E-state index contributed by atoms with van der Waals surface area (Å²) in [6, 6.07) is -0.152. The second-order valence-corrected chi connectivity index (χ2v) is 14.0. The maximum absolute atomic E-state index is 13.7. The predicted molar refractivity (Wildman–Crippen MR) is 155 cm³/mol. The summed E-state index contributed by atoms with van der Waals surface area (Å²) in [5.74, 6) is 1.81. The summed E-state index contributed by atoms with van der Waals surface area (Å²) >= 11 is 0. The van der Waals surface area contributed by atoms with Crippen LogP contribution in [0.15, 0.2) is 0 Å². The fraction of sp³-hybridized carbons (Fsp3) is 0.931. The van der Waals surface area contributed by atoms with Gasteiger partial charge in [0.25, 0.3) is 0 Å². The molecule has 0 aromatic heterocycles. The molecule has 3 aliphatic carbocycles. The van der Waals surface area contributed by atoms with Crippen LogP contribution in [0.4, 0.5) is 4.79 Å². The third-order valence-corrected chi connectivity index (χ3v) is 9.41. The lowest BCUT2D eigenvalue weighted by molar-refractivity contribution is -0.199. The van der Waals surface area contributed by atoms with Crippen molar-refractivity contribution < 1.29 is 24.0 Å². The summed E-state index contributed by atoms with van der Waals surface area (Å²) in [5.41, 5.74) is -0.0414. The first-order valence-electron chi connectivity index (χ1n) is 15.3. The van der Waals surface area contributed by atoms with E-state index in [0.717, 1.165) is 25.8 Å². The molecule has 2 bridgehead atoms. The van der Waals surface area contributed by atoms with Gasteiger partial charge < -0.3 is 35.7 Å². The summed E-state index contributed by atoms with van der Waals surface area (Å²) in [4.78, 5) is 24.5. The van der Waals surface area contributed by atoms with Gasteiger partial charge in [-0.2, -0.15) is 0 Å². The first-order chi connectivity index (χ1) is 18.2. The van der Waals surface area contributed by atoms with Crippen LogP contribution in [0.1, 0.15) is 93.9 Å². The fourth-order valence-corrected chi connectivity index (χ4v) is 6.92. The number of unbranched alkanes of at least 4 members (excludes halogenated alkanes) is 1. The average molecular weight is 551 g/mol. The van der Waals surface area contributed by atoms with Crippen LogP contribution in [0.5, 0.6) is 0 Å². The second kappa shape index (κ2) is 13.5. The third-order valence-electron chi connectivity index (χ3n) is 9.41. The van der Waals surface area contributed by atoms with Gasteiger partial charge in [-0.15, -0.1) is 0 Å². The van der Waals surface area contributed by atoms with Crippen LogP contribution in [0.3, 0.4) is 0 Å². The molecule has 224 valence electrons. The number of hydrogen-bond donors (Lipinski definition) is 5. The van der Waals surface area contributed by atoms with Crippen molar-refractivity contribution in [3.8, 4) is 0 Å². The highest BCUT2D eigenvalue weighted by Crippen LogP contribution is 2.65. The molecule has 7 atom stereocenters. The molecule has 1 heterocycles. The van der Waals surface area contributed by atoms with E-state index in [-0.39, 0.29) is 41.1 Å². The molecule has 10 heteroatoms. The quantitative estimate of drug-likeness (QED) is 0.146. The summed E-state index contributed by atoms with van der Waals surface area (Å²) in [6.07, 6.45) is 4.11. The van der Waals surface area contributed by atoms with Gasteiger partial charge in [0.2, 0.25) is 5.91 Å². The van der Waals surface area contributed by atoms with Crippen LogP contribution in [0, 0.1) is 29.1 Å². The van der Waals surface area contributed by atoms with Gasteiger partial charge in [0, 0.05) is 19.1 Å². The Morgan fingerprint density at radius 2 is 1.72 bits per heavy atom. The maximum atomic E-state index is 13.7. The van der Waals surface area contributed by atoms with Gasteiger partial charge in [0.15, 0.2) is 0 Å². The lowest BCUT2D eigenvalue weighted by Gasteiger charge is -2.64. The Morgan fingerprint density at radius 3 is 2.33 bits per heavy atom. The molecule has 1 saturated heterocycles. The first kappa shape index (κ1) is 32.2. The predicted octanol–water partition coefficient (Wildman–Crippen LogP) is 3.82. The zero-order valence-electron chi connectivity index (χ0n) is 25.6. The minimum absolute atomic E-state index is 0.0419. The molecule has 0 aromatic carbocycles. The molecule has 4 fully saturated rings. The average Bonchev–Trinajstić information content (AvgIpc) is 3.20. The number of nitrogens with one attached hydrogen (secondary N) is 4. The molecular formula is C29H55BN4O5. The van der Waals surface area contributed by atoms with E-state index in [4.69, 9.17) is 14.4 Å². The topological polar surface area (TPSA) is 121 Å². The minimum Gasteiger partial charge on any atom is -0.465 e. The van der Waals surface area contributed by atoms with Gasteiger partial charge in [-0.1, -0.05) is 41.5 Å². The molecule has 4 rings (SSSR count). The number of carbonyl (C=O) groups is 2. The van der Waals surface area contributed by atoms with Crippen molar-refractivity contribution in [1.82, 2.24) is 21.3 Å². The van der Waals surface area contributed by atoms with Gasteiger partial charge >= 0.3 is 13.2 Å². The molecule has 4 aliphatic rings. The van der Waals surface area contributed by atoms with Gasteiger partial charge in [0.1, 0.15) is 0 Å². The lowest BCUT2D eigenvalue weighted by Crippen LogP contribution is -2.65. The molecule has 5 N–H and O–H groups in total. The third kappa shape index (κ3) is 8.11. The Morgan fingerprint density at radius 1 is 1.00 bits per heavy atom. The van der Waals surface area contributed by atoms with E-state index in [1.807, 2.05) is 0 Å². The van der Waals surface area contributed by atoms with E-state index in [2.05, 4.69) is 76.7 Å². The molecule has 0 aromatic rings. The van der Waals surface area contributed by atoms with Crippen LogP contribution in [0.25, 0.3) is 0 Å². The zero-order chi connectivity index (χ0) is 29.0. The van der Waals surface area contributed by atoms with E-state index in [1.54, 1.807) is 0 Å². The molecule has 0 spiro atoms. The molecular weight excluding hydrogens is 495 g/mol. The minimum atomic E-state index is -1.02. The SMILES string of the molecule is CC(C)CN[C@@H](C)CN[C@@H](CCCCNC(=O)O)C(=O)N[C@@H](CC(C)C)B1O[C@@H]2C[C@@H]3C[C@@H](C3(C)C)[C@]2(C)O1. The highest BCUT2D eigenvalue weighted by atomic mass is 16.7. The van der Waals surface area contributed by atoms with Crippen molar-refractivity contribution in [2.75, 3.05) is 19.6 Å². The Bertz CT molecular complexity index is 827. The van der Waals surface area contributed by atoms with Crippen LogP contribution < -0.4 is 21.3 Å². The largest absolute Gasteiger partial charge is 0.481 e. The second-order valence-electron chi connectivity index (χ2n) is 14.0. The van der Waals surface area contributed by atoms with Gasteiger partial charge in [-0.3, -0.25) is 4.79 Å². The van der Waals surface area contributed by atoms with Crippen LogP contribution in [-0.2, 0) is 14.1 Å². The van der Waals surface area contributed by atoms with Gasteiger partial charge in [-0.25, -0.2) is 4.79 Å². The number of carbonyl (C=O) groups excluding carboxylic acids is 1. The van der Waals surface area contributed by atoms with E-state index < -0.39 is 13.2 Å². The molecule has 3 saturated carbocycles. The molecule has 0 unspecified atom stereocenters. The van der Waals surface area contributed by atoms with Crippen LogP contribution >= 0.6 is 0 Å².